The number of halogens is 1. The molecule has 1 fully saturated rings. The number of rotatable bonds is 6. The first-order valence-corrected chi connectivity index (χ1v) is 8.69. The predicted molar refractivity (Wildman–Crippen MR) is 94.8 cm³/mol. The Bertz CT molecular complexity index is 352. The van der Waals surface area contributed by atoms with Gasteiger partial charge in [0.2, 0.25) is 0 Å². The highest BCUT2D eigenvalue weighted by Crippen LogP contribution is 2.26. The van der Waals surface area contributed by atoms with Gasteiger partial charge in [-0.2, -0.15) is 0 Å². The van der Waals surface area contributed by atoms with Gasteiger partial charge in [-0.3, -0.25) is 4.79 Å². The van der Waals surface area contributed by atoms with Crippen molar-refractivity contribution in [3.8, 4) is 0 Å². The van der Waals surface area contributed by atoms with E-state index >= 15 is 0 Å². The molecule has 0 aliphatic heterocycles. The van der Waals surface area contributed by atoms with Crippen LogP contribution in [0.25, 0.3) is 0 Å². The number of aliphatic hydroxyl groups is 2. The number of ether oxygens (including phenoxy) is 2. The number of carbonyl (C=O) groups excluding carboxylic acids is 1. The first-order valence-electron chi connectivity index (χ1n) is 8.69. The lowest BCUT2D eigenvalue weighted by atomic mass is 9.84. The van der Waals surface area contributed by atoms with Crippen molar-refractivity contribution in [1.29, 1.82) is 0 Å². The van der Waals surface area contributed by atoms with E-state index in [1.54, 1.807) is 0 Å². The van der Waals surface area contributed by atoms with Crippen LogP contribution in [0, 0.1) is 0 Å². The molecule has 1 aliphatic carbocycles. The smallest absolute Gasteiger partial charge is 0.251 e. The number of methoxy groups -OCH3 is 2. The van der Waals surface area contributed by atoms with E-state index in [0.29, 0.717) is 0 Å². The molecule has 8 nitrogen and oxygen atoms in total. The third kappa shape index (κ3) is 7.51. The molecule has 25 heavy (non-hydrogen) atoms. The molecule has 7 atom stereocenters. The number of nitrogens with one attached hydrogen (secondary N) is 1. The van der Waals surface area contributed by atoms with Gasteiger partial charge in [-0.15, -0.1) is 0 Å². The van der Waals surface area contributed by atoms with Crippen LogP contribution in [0.4, 0.5) is 4.39 Å². The molecule has 1 saturated carbocycles. The molecular weight excluding hydrogens is 333 g/mol. The van der Waals surface area contributed by atoms with Gasteiger partial charge < -0.3 is 36.5 Å². The van der Waals surface area contributed by atoms with Gasteiger partial charge in [-0.25, -0.2) is 4.39 Å². The molecule has 1 amide bonds. The number of alkyl halides is 1. The minimum Gasteiger partial charge on any atom is -0.389 e. The SMILES string of the molecule is CC.CC.CO[C@H]1[C@H](OC)C(F)[C@H](NC(=O)C(O)C(O)CN)C[C@@H]1N. The second kappa shape index (κ2) is 14.3. The first kappa shape index (κ1) is 26.4. The van der Waals surface area contributed by atoms with E-state index in [1.165, 1.54) is 14.2 Å². The van der Waals surface area contributed by atoms with Crippen LogP contribution in [-0.2, 0) is 14.3 Å². The molecular formula is C16H36FN3O5. The van der Waals surface area contributed by atoms with Crippen LogP contribution in [0.3, 0.4) is 0 Å². The number of carbonyl (C=O) groups is 1. The summed E-state index contributed by atoms with van der Waals surface area (Å²) in [6.07, 6.45) is -6.12. The fraction of sp³-hybridized carbons (Fsp3) is 0.938. The molecule has 0 aromatic carbocycles. The highest BCUT2D eigenvalue weighted by Gasteiger charge is 2.45. The largest absolute Gasteiger partial charge is 0.389 e. The molecule has 9 heteroatoms. The molecule has 0 spiro atoms. The Kier molecular flexibility index (Phi) is 15.1. The highest BCUT2D eigenvalue weighted by molar-refractivity contribution is 5.81. The normalized spacial score (nSPS) is 30.8. The molecule has 3 unspecified atom stereocenters. The molecule has 0 heterocycles. The van der Waals surface area contributed by atoms with Gasteiger partial charge in [0.15, 0.2) is 6.10 Å². The Hall–Kier alpha value is -0.840. The molecule has 0 aromatic rings. The third-order valence-corrected chi connectivity index (χ3v) is 3.72. The molecule has 1 aliphatic rings. The standard InChI is InChI=1S/C12H24FN3O5.2C2H6/c1-20-10-5(15)3-6(8(13)11(10)21-2)16-12(19)9(18)7(17)4-14;2*1-2/h5-11,17-18H,3-4,14-15H2,1-2H3,(H,16,19);2*1-2H3/t5-,6+,7?,8?,9?,10+,11+;;/m0../s1. The Labute approximate surface area is 150 Å². The first-order chi connectivity index (χ1) is 11.9. The lowest BCUT2D eigenvalue weighted by Gasteiger charge is -2.41. The fourth-order valence-electron chi connectivity index (χ4n) is 2.49. The topological polar surface area (TPSA) is 140 Å². The van der Waals surface area contributed by atoms with Crippen LogP contribution in [-0.4, -0.2) is 79.6 Å². The second-order valence-corrected chi connectivity index (χ2v) is 5.11. The highest BCUT2D eigenvalue weighted by atomic mass is 19.1. The summed E-state index contributed by atoms with van der Waals surface area (Å²) >= 11 is 0. The summed E-state index contributed by atoms with van der Waals surface area (Å²) in [5.74, 6) is -0.904. The lowest BCUT2D eigenvalue weighted by Crippen LogP contribution is -2.63. The molecule has 7 N–H and O–H groups in total. The number of hydrogen-bond donors (Lipinski definition) is 5. The summed E-state index contributed by atoms with van der Waals surface area (Å²) in [4.78, 5) is 11.8. The van der Waals surface area contributed by atoms with Gasteiger partial charge in [-0.05, 0) is 6.42 Å². The van der Waals surface area contributed by atoms with E-state index in [9.17, 15) is 19.4 Å². The number of nitrogens with two attached hydrogens (primary N) is 2. The Morgan fingerprint density at radius 1 is 1.20 bits per heavy atom. The summed E-state index contributed by atoms with van der Waals surface area (Å²) in [7, 11) is 2.73. The van der Waals surface area contributed by atoms with Crippen molar-refractivity contribution in [1.82, 2.24) is 5.32 Å². The summed E-state index contributed by atoms with van der Waals surface area (Å²) in [6.45, 7) is 7.71. The average Bonchev–Trinajstić information content (AvgIpc) is 2.65. The van der Waals surface area contributed by atoms with Crippen LogP contribution >= 0.6 is 0 Å². The van der Waals surface area contributed by atoms with Crippen molar-refractivity contribution in [2.24, 2.45) is 11.5 Å². The minimum atomic E-state index is -1.72. The Morgan fingerprint density at radius 3 is 2.08 bits per heavy atom. The van der Waals surface area contributed by atoms with Crippen molar-refractivity contribution in [2.45, 2.75) is 76.8 Å². The van der Waals surface area contributed by atoms with Crippen LogP contribution in [0.15, 0.2) is 0 Å². The van der Waals surface area contributed by atoms with Crippen molar-refractivity contribution in [3.05, 3.63) is 0 Å². The van der Waals surface area contributed by atoms with Crippen LogP contribution in [0.5, 0.6) is 0 Å². The monoisotopic (exact) mass is 369 g/mol. The Balaban J connectivity index is 0. The molecule has 1 rings (SSSR count). The summed E-state index contributed by atoms with van der Waals surface area (Å²) in [5.41, 5.74) is 11.0. The van der Waals surface area contributed by atoms with E-state index in [-0.39, 0.29) is 13.0 Å². The van der Waals surface area contributed by atoms with E-state index < -0.39 is 48.6 Å². The molecule has 0 aromatic heterocycles. The van der Waals surface area contributed by atoms with Crippen molar-refractivity contribution in [2.75, 3.05) is 20.8 Å². The zero-order valence-corrected chi connectivity index (χ0v) is 16.1. The Morgan fingerprint density at radius 2 is 1.68 bits per heavy atom. The van der Waals surface area contributed by atoms with Gasteiger partial charge in [0.25, 0.3) is 5.91 Å². The number of aliphatic hydroxyl groups excluding tert-OH is 2. The molecule has 152 valence electrons. The van der Waals surface area contributed by atoms with Gasteiger partial charge in [0.05, 0.1) is 6.04 Å². The second-order valence-electron chi connectivity index (χ2n) is 5.11. The zero-order valence-electron chi connectivity index (χ0n) is 16.1. The van der Waals surface area contributed by atoms with Crippen molar-refractivity contribution >= 4 is 5.91 Å². The van der Waals surface area contributed by atoms with Crippen molar-refractivity contribution in [3.63, 3.8) is 0 Å². The maximum Gasteiger partial charge on any atom is 0.251 e. The number of hydrogen-bond acceptors (Lipinski definition) is 7. The van der Waals surface area contributed by atoms with Crippen LogP contribution in [0.2, 0.25) is 0 Å². The molecule has 0 bridgehead atoms. The average molecular weight is 369 g/mol. The lowest BCUT2D eigenvalue weighted by molar-refractivity contribution is -0.141. The van der Waals surface area contributed by atoms with Gasteiger partial charge in [0, 0.05) is 26.8 Å². The van der Waals surface area contributed by atoms with E-state index in [4.69, 9.17) is 20.9 Å². The van der Waals surface area contributed by atoms with Crippen LogP contribution in [0.1, 0.15) is 34.1 Å². The van der Waals surface area contributed by atoms with E-state index in [0.717, 1.165) is 0 Å². The zero-order chi connectivity index (χ0) is 20.2. The maximum atomic E-state index is 14.4. The maximum absolute atomic E-state index is 14.4. The minimum absolute atomic E-state index is 0.122. The van der Waals surface area contributed by atoms with Gasteiger partial charge in [-0.1, -0.05) is 27.7 Å². The van der Waals surface area contributed by atoms with E-state index in [2.05, 4.69) is 5.32 Å². The van der Waals surface area contributed by atoms with Crippen molar-refractivity contribution < 1.29 is 28.9 Å². The third-order valence-electron chi connectivity index (χ3n) is 3.72. The fourth-order valence-corrected chi connectivity index (χ4v) is 2.49. The molecule has 0 radical (unpaired) electrons. The summed E-state index contributed by atoms with van der Waals surface area (Å²) in [5, 5.41) is 21.2. The van der Waals surface area contributed by atoms with E-state index in [1.807, 2.05) is 27.7 Å². The molecule has 0 saturated heterocycles. The van der Waals surface area contributed by atoms with Gasteiger partial charge in [0.1, 0.15) is 24.5 Å². The predicted octanol–water partition coefficient (Wildman–Crippen LogP) is -0.697. The quantitative estimate of drug-likeness (QED) is 0.417. The summed E-state index contributed by atoms with van der Waals surface area (Å²) < 4.78 is 24.6. The van der Waals surface area contributed by atoms with Crippen LogP contribution < -0.4 is 16.8 Å². The summed E-state index contributed by atoms with van der Waals surface area (Å²) in [6, 6.07) is -1.47. The van der Waals surface area contributed by atoms with Gasteiger partial charge >= 0.3 is 0 Å². The number of amides is 1.